The maximum Gasteiger partial charge on any atom is 0.498 e. The maximum absolute atomic E-state index is 11.4. The first kappa shape index (κ1) is 18.1. The Balaban J connectivity index is 1.54. The van der Waals surface area contributed by atoms with Crippen molar-refractivity contribution in [3.8, 4) is 6.01 Å². The summed E-state index contributed by atoms with van der Waals surface area (Å²) in [5.74, 6) is 0.445. The highest BCUT2D eigenvalue weighted by molar-refractivity contribution is 6.61. The zero-order chi connectivity index (χ0) is 18.2. The van der Waals surface area contributed by atoms with Crippen molar-refractivity contribution in [2.45, 2.75) is 52.2 Å². The van der Waals surface area contributed by atoms with Gasteiger partial charge in [-0.1, -0.05) is 0 Å². The molecule has 25 heavy (non-hydrogen) atoms. The lowest BCUT2D eigenvalue weighted by molar-refractivity contribution is -0.127. The van der Waals surface area contributed by atoms with Crippen LogP contribution in [0.4, 0.5) is 0 Å². The van der Waals surface area contributed by atoms with Gasteiger partial charge in [0.2, 0.25) is 5.91 Å². The van der Waals surface area contributed by atoms with Crippen molar-refractivity contribution >= 4 is 18.5 Å². The van der Waals surface area contributed by atoms with E-state index in [1.54, 1.807) is 19.3 Å². The molecule has 1 aromatic rings. The van der Waals surface area contributed by atoms with E-state index in [1.165, 1.54) is 0 Å². The number of rotatable bonds is 4. The monoisotopic (exact) mass is 347 g/mol. The largest absolute Gasteiger partial charge is 0.498 e. The second kappa shape index (κ2) is 6.57. The van der Waals surface area contributed by atoms with Gasteiger partial charge in [-0.05, 0) is 34.1 Å². The molecule has 3 rings (SSSR count). The molecule has 0 aromatic carbocycles. The summed E-state index contributed by atoms with van der Waals surface area (Å²) in [5, 5.41) is 0. The zero-order valence-electron chi connectivity index (χ0n) is 15.6. The fourth-order valence-electron chi connectivity index (χ4n) is 2.95. The van der Waals surface area contributed by atoms with Gasteiger partial charge in [-0.15, -0.1) is 0 Å². The van der Waals surface area contributed by atoms with Gasteiger partial charge in [0.05, 0.1) is 17.8 Å². The molecule has 2 aliphatic rings. The second-order valence-corrected chi connectivity index (χ2v) is 7.82. The summed E-state index contributed by atoms with van der Waals surface area (Å²) < 4.78 is 17.6. The van der Waals surface area contributed by atoms with Crippen molar-refractivity contribution in [2.24, 2.45) is 5.92 Å². The van der Waals surface area contributed by atoms with Gasteiger partial charge in [0.15, 0.2) is 0 Å². The van der Waals surface area contributed by atoms with Crippen LogP contribution in [0.5, 0.6) is 6.01 Å². The van der Waals surface area contributed by atoms with Crippen LogP contribution in [0.3, 0.4) is 0 Å². The zero-order valence-corrected chi connectivity index (χ0v) is 15.6. The van der Waals surface area contributed by atoms with Gasteiger partial charge in [-0.2, -0.15) is 0 Å². The minimum absolute atomic E-state index is 0.116. The van der Waals surface area contributed by atoms with E-state index in [-0.39, 0.29) is 5.91 Å². The SMILES string of the molecule is CC(=O)N1CC[C@H](COc2ncc(B3OC(C)(C)C(C)(C)O3)cn2)C1. The van der Waals surface area contributed by atoms with Gasteiger partial charge in [0.25, 0.3) is 0 Å². The Bertz CT molecular complexity index is 619. The second-order valence-electron chi connectivity index (χ2n) is 7.82. The molecule has 2 fully saturated rings. The molecule has 0 unspecified atom stereocenters. The Morgan fingerprint density at radius 1 is 1.28 bits per heavy atom. The molecule has 0 radical (unpaired) electrons. The number of aromatic nitrogens is 2. The Hall–Kier alpha value is -1.67. The van der Waals surface area contributed by atoms with Crippen LogP contribution in [0.2, 0.25) is 0 Å². The molecule has 0 spiro atoms. The summed E-state index contributed by atoms with van der Waals surface area (Å²) in [4.78, 5) is 21.7. The number of likely N-dealkylation sites (tertiary alicyclic amines) is 1. The first-order valence-electron chi connectivity index (χ1n) is 8.74. The normalized spacial score (nSPS) is 24.6. The number of amides is 1. The van der Waals surface area contributed by atoms with E-state index in [2.05, 4.69) is 9.97 Å². The predicted molar refractivity (Wildman–Crippen MR) is 93.6 cm³/mol. The average molecular weight is 347 g/mol. The topological polar surface area (TPSA) is 73.8 Å². The predicted octanol–water partition coefficient (Wildman–Crippen LogP) is 1.02. The number of ether oxygens (including phenoxy) is 1. The number of nitrogens with zero attached hydrogens (tertiary/aromatic N) is 3. The van der Waals surface area contributed by atoms with Crippen molar-refractivity contribution in [1.29, 1.82) is 0 Å². The molecule has 2 saturated heterocycles. The van der Waals surface area contributed by atoms with Crippen LogP contribution in [-0.4, -0.2) is 58.8 Å². The van der Waals surface area contributed by atoms with Crippen LogP contribution in [0.1, 0.15) is 41.0 Å². The molecule has 0 bridgehead atoms. The fourth-order valence-corrected chi connectivity index (χ4v) is 2.95. The van der Waals surface area contributed by atoms with E-state index in [0.717, 1.165) is 25.0 Å². The smallest absolute Gasteiger partial charge is 0.463 e. The van der Waals surface area contributed by atoms with Gasteiger partial charge >= 0.3 is 13.1 Å². The molecule has 1 amide bonds. The van der Waals surface area contributed by atoms with Gasteiger partial charge in [0, 0.05) is 43.8 Å². The summed E-state index contributed by atoms with van der Waals surface area (Å²) in [6, 6.07) is 0.335. The van der Waals surface area contributed by atoms with Gasteiger partial charge in [-0.3, -0.25) is 4.79 Å². The quantitative estimate of drug-likeness (QED) is 0.758. The lowest BCUT2D eigenvalue weighted by Gasteiger charge is -2.32. The first-order valence-corrected chi connectivity index (χ1v) is 8.74. The summed E-state index contributed by atoms with van der Waals surface area (Å²) in [7, 11) is -0.474. The number of hydrogen-bond donors (Lipinski definition) is 0. The minimum Gasteiger partial charge on any atom is -0.463 e. The third-order valence-corrected chi connectivity index (χ3v) is 5.35. The molecule has 1 aromatic heterocycles. The Morgan fingerprint density at radius 2 is 1.88 bits per heavy atom. The number of hydrogen-bond acceptors (Lipinski definition) is 6. The van der Waals surface area contributed by atoms with Crippen LogP contribution in [0, 0.1) is 5.92 Å². The van der Waals surface area contributed by atoms with E-state index in [9.17, 15) is 4.79 Å². The number of carbonyl (C=O) groups is 1. The Labute approximate surface area is 149 Å². The third kappa shape index (κ3) is 3.79. The first-order chi connectivity index (χ1) is 11.7. The van der Waals surface area contributed by atoms with Gasteiger partial charge in [0.1, 0.15) is 0 Å². The molecular weight excluding hydrogens is 321 g/mol. The van der Waals surface area contributed by atoms with Crippen molar-refractivity contribution in [1.82, 2.24) is 14.9 Å². The lowest BCUT2D eigenvalue weighted by Crippen LogP contribution is -2.41. The van der Waals surface area contributed by atoms with Crippen molar-refractivity contribution in [2.75, 3.05) is 19.7 Å². The van der Waals surface area contributed by atoms with Gasteiger partial charge < -0.3 is 18.9 Å². The minimum atomic E-state index is -0.474. The molecule has 136 valence electrons. The van der Waals surface area contributed by atoms with E-state index in [1.807, 2.05) is 32.6 Å². The summed E-state index contributed by atoms with van der Waals surface area (Å²) in [6.45, 7) is 11.7. The highest BCUT2D eigenvalue weighted by Gasteiger charge is 2.51. The van der Waals surface area contributed by atoms with Crippen LogP contribution in [0.25, 0.3) is 0 Å². The van der Waals surface area contributed by atoms with Crippen molar-refractivity contribution in [3.05, 3.63) is 12.4 Å². The highest BCUT2D eigenvalue weighted by atomic mass is 16.7. The highest BCUT2D eigenvalue weighted by Crippen LogP contribution is 2.36. The molecule has 8 heteroatoms. The lowest BCUT2D eigenvalue weighted by atomic mass is 9.81. The van der Waals surface area contributed by atoms with Crippen LogP contribution >= 0.6 is 0 Å². The Kier molecular flexibility index (Phi) is 4.77. The standard InChI is InChI=1S/C17H26BN3O4/c1-12(22)21-7-6-13(10-21)11-23-15-19-8-14(9-20-15)18-24-16(2,3)17(4,5)25-18/h8-9,13H,6-7,10-11H2,1-5H3/t13-/m0/s1. The average Bonchev–Trinajstić information content (AvgIpc) is 3.09. The summed E-state index contributed by atoms with van der Waals surface area (Å²) >= 11 is 0. The van der Waals surface area contributed by atoms with Crippen molar-refractivity contribution < 1.29 is 18.8 Å². The summed E-state index contributed by atoms with van der Waals surface area (Å²) in [5.41, 5.74) is -0.00915. The molecular formula is C17H26BN3O4. The Morgan fingerprint density at radius 3 is 2.40 bits per heavy atom. The van der Waals surface area contributed by atoms with E-state index >= 15 is 0 Å². The van der Waals surface area contributed by atoms with E-state index in [0.29, 0.717) is 18.5 Å². The molecule has 0 aliphatic carbocycles. The van der Waals surface area contributed by atoms with Crippen molar-refractivity contribution in [3.63, 3.8) is 0 Å². The van der Waals surface area contributed by atoms with Crippen LogP contribution in [0.15, 0.2) is 12.4 Å². The fraction of sp³-hybridized carbons (Fsp3) is 0.706. The molecule has 7 nitrogen and oxygen atoms in total. The molecule has 1 atom stereocenters. The molecule has 3 heterocycles. The third-order valence-electron chi connectivity index (χ3n) is 5.35. The number of carbonyl (C=O) groups excluding carboxylic acids is 1. The van der Waals surface area contributed by atoms with Crippen LogP contribution < -0.4 is 10.2 Å². The molecule has 0 saturated carbocycles. The van der Waals surface area contributed by atoms with Gasteiger partial charge in [-0.25, -0.2) is 9.97 Å². The van der Waals surface area contributed by atoms with E-state index < -0.39 is 18.3 Å². The molecule has 0 N–H and O–H groups in total. The van der Waals surface area contributed by atoms with Crippen LogP contribution in [-0.2, 0) is 14.1 Å². The molecule has 2 aliphatic heterocycles. The van der Waals surface area contributed by atoms with E-state index in [4.69, 9.17) is 14.0 Å². The maximum atomic E-state index is 11.4. The summed E-state index contributed by atoms with van der Waals surface area (Å²) in [6.07, 6.45) is 4.31.